The van der Waals surface area contributed by atoms with Gasteiger partial charge in [0, 0.05) is 61.3 Å². The molecule has 0 spiro atoms. The van der Waals surface area contributed by atoms with Crippen LogP contribution in [0.15, 0.2) is 114 Å². The van der Waals surface area contributed by atoms with Crippen LogP contribution in [-0.2, 0) is 49.9 Å². The molecular weight excluding hydrogens is 841 g/mol. The van der Waals surface area contributed by atoms with Gasteiger partial charge in [0.05, 0.1) is 12.2 Å². The monoisotopic (exact) mass is 900 g/mol. The molecular formula is C48H60N12O6. The van der Waals surface area contributed by atoms with Crippen molar-refractivity contribution in [2.45, 2.75) is 83.2 Å². The van der Waals surface area contributed by atoms with Gasteiger partial charge >= 0.3 is 0 Å². The molecule has 0 unspecified atom stereocenters. The molecule has 13 N–H and O–H groups in total. The van der Waals surface area contributed by atoms with E-state index in [1.54, 1.807) is 24.5 Å². The highest BCUT2D eigenvalue weighted by Gasteiger charge is 2.30. The summed E-state index contributed by atoms with van der Waals surface area (Å²) in [7, 11) is 0. The topological polar surface area (TPSA) is 294 Å². The first-order chi connectivity index (χ1) is 31.7. The van der Waals surface area contributed by atoms with Crippen LogP contribution in [0.2, 0.25) is 0 Å². The number of amides is 6. The predicted molar refractivity (Wildman–Crippen MR) is 252 cm³/mol. The second-order valence-electron chi connectivity index (χ2n) is 16.3. The van der Waals surface area contributed by atoms with Crippen LogP contribution in [0.3, 0.4) is 0 Å². The zero-order chi connectivity index (χ0) is 47.4. The SMILES string of the molecule is CC(C)C[C@H](NC(=O)CNC(=O)[C@H](Cc1ccccc1)NC(=O)c1ccc(CNCc2ccccn2)cc1)C(=O)N[C@@H](CCCN=C(N)N)C(=O)N[C@@H](Cc1c[nH]c2ccccc12)C(N)=O. The van der Waals surface area contributed by atoms with Crippen molar-refractivity contribution in [2.24, 2.45) is 28.1 Å². The van der Waals surface area contributed by atoms with Crippen LogP contribution in [0.1, 0.15) is 65.9 Å². The summed E-state index contributed by atoms with van der Waals surface area (Å²) in [6.45, 7) is 4.51. The van der Waals surface area contributed by atoms with Crippen LogP contribution in [0.5, 0.6) is 0 Å². The molecule has 4 atom stereocenters. The van der Waals surface area contributed by atoms with E-state index in [9.17, 15) is 28.8 Å². The number of rotatable bonds is 25. The molecule has 6 amide bonds. The van der Waals surface area contributed by atoms with Crippen molar-refractivity contribution in [3.8, 4) is 0 Å². The van der Waals surface area contributed by atoms with Crippen LogP contribution in [-0.4, -0.2) is 88.6 Å². The molecule has 0 fully saturated rings. The number of primary amides is 1. The normalized spacial score (nSPS) is 12.8. The number of carbonyl (C=O) groups excluding carboxylic acids is 6. The van der Waals surface area contributed by atoms with Crippen molar-refractivity contribution in [3.05, 3.63) is 137 Å². The minimum atomic E-state index is -1.17. The van der Waals surface area contributed by atoms with E-state index in [1.807, 2.05) is 98.8 Å². The maximum Gasteiger partial charge on any atom is 0.251 e. The maximum absolute atomic E-state index is 13.9. The third-order valence-electron chi connectivity index (χ3n) is 10.6. The fourth-order valence-corrected chi connectivity index (χ4v) is 7.21. The van der Waals surface area contributed by atoms with Crippen LogP contribution in [0, 0.1) is 5.92 Å². The van der Waals surface area contributed by atoms with E-state index in [4.69, 9.17) is 17.2 Å². The second kappa shape index (κ2) is 25.0. The van der Waals surface area contributed by atoms with Gasteiger partial charge in [0.2, 0.25) is 29.5 Å². The molecule has 2 heterocycles. The van der Waals surface area contributed by atoms with E-state index in [-0.39, 0.29) is 50.5 Å². The standard InChI is InChI=1S/C48H60N12O6/c1-30(2)23-40(47(66)58-38(16-10-22-54-48(50)51)46(65)59-39(43(49)62)25-34-27-55-37-15-7-6-14-36(34)37)57-42(61)29-56-45(64)41(24-31-11-4-3-5-12-31)60-44(63)33-19-17-32(18-20-33)26-52-28-35-13-8-9-21-53-35/h3-9,11-15,17-21,27,30,38-41,52,55H,10,16,22-26,28-29H2,1-2H3,(H2,49,62)(H,56,64)(H,57,61)(H,58,66)(H,59,65)(H,60,63)(H4,50,51,54)/t38-,39-,40-,41-/m0/s1. The first-order valence-corrected chi connectivity index (χ1v) is 21.9. The summed E-state index contributed by atoms with van der Waals surface area (Å²) in [4.78, 5) is 92.4. The number of carbonyl (C=O) groups is 6. The molecule has 0 bridgehead atoms. The fraction of sp³-hybridized carbons (Fsp3) is 0.333. The molecule has 18 heteroatoms. The Balaban J connectivity index is 1.21. The van der Waals surface area contributed by atoms with E-state index in [0.717, 1.165) is 33.3 Å². The van der Waals surface area contributed by atoms with Crippen LogP contribution >= 0.6 is 0 Å². The molecule has 0 aliphatic heterocycles. The van der Waals surface area contributed by atoms with Crippen molar-refractivity contribution < 1.29 is 28.8 Å². The number of benzene rings is 3. The molecule has 66 heavy (non-hydrogen) atoms. The number of aliphatic imine (C=N–C) groups is 1. The molecule has 0 radical (unpaired) electrons. The third kappa shape index (κ3) is 15.9. The smallest absolute Gasteiger partial charge is 0.251 e. The number of guanidine groups is 1. The Kier molecular flexibility index (Phi) is 18.7. The highest BCUT2D eigenvalue weighted by molar-refractivity contribution is 5.99. The molecule has 18 nitrogen and oxygen atoms in total. The number of fused-ring (bicyclic) bond motifs is 1. The van der Waals surface area contributed by atoms with Gasteiger partial charge in [0.1, 0.15) is 24.2 Å². The molecule has 0 aliphatic carbocycles. The lowest BCUT2D eigenvalue weighted by atomic mass is 10.0. The van der Waals surface area contributed by atoms with Crippen LogP contribution < -0.4 is 49.1 Å². The molecule has 0 aliphatic rings. The third-order valence-corrected chi connectivity index (χ3v) is 10.6. The summed E-state index contributed by atoms with van der Waals surface area (Å²) in [5, 5.41) is 17.7. The molecule has 0 saturated carbocycles. The Morgan fingerprint density at radius 3 is 2.08 bits per heavy atom. The molecule has 5 aromatic rings. The van der Waals surface area contributed by atoms with Gasteiger partial charge < -0.3 is 54.1 Å². The molecule has 348 valence electrons. The van der Waals surface area contributed by atoms with Crippen molar-refractivity contribution in [2.75, 3.05) is 13.1 Å². The fourth-order valence-electron chi connectivity index (χ4n) is 7.21. The lowest BCUT2D eigenvalue weighted by Crippen LogP contribution is -2.57. The number of para-hydroxylation sites is 1. The van der Waals surface area contributed by atoms with Crippen LogP contribution in [0.25, 0.3) is 10.9 Å². The number of H-pyrrole nitrogens is 1. The molecule has 5 rings (SSSR count). The van der Waals surface area contributed by atoms with Crippen molar-refractivity contribution in [1.82, 2.24) is 41.9 Å². The summed E-state index contributed by atoms with van der Waals surface area (Å²) in [5.41, 5.74) is 21.3. The average molecular weight is 901 g/mol. The number of hydrogen-bond donors (Lipinski definition) is 10. The number of nitrogens with one attached hydrogen (secondary N) is 7. The maximum atomic E-state index is 13.9. The zero-order valence-corrected chi connectivity index (χ0v) is 37.2. The molecule has 0 saturated heterocycles. The summed E-state index contributed by atoms with van der Waals surface area (Å²) < 4.78 is 0. The van der Waals surface area contributed by atoms with Gasteiger partial charge in [-0.3, -0.25) is 38.7 Å². The minimum absolute atomic E-state index is 0.0773. The van der Waals surface area contributed by atoms with E-state index in [1.165, 1.54) is 0 Å². The quantitative estimate of drug-likeness (QED) is 0.0229. The zero-order valence-electron chi connectivity index (χ0n) is 37.2. The highest BCUT2D eigenvalue weighted by atomic mass is 16.2. The lowest BCUT2D eigenvalue weighted by molar-refractivity contribution is -0.133. The number of nitrogens with two attached hydrogens (primary N) is 3. The van der Waals surface area contributed by atoms with Gasteiger partial charge in [0.15, 0.2) is 5.96 Å². The van der Waals surface area contributed by atoms with Gasteiger partial charge in [0.25, 0.3) is 5.91 Å². The number of hydrogen-bond acceptors (Lipinski definition) is 9. The molecule has 3 aromatic carbocycles. The van der Waals surface area contributed by atoms with Gasteiger partial charge in [-0.15, -0.1) is 0 Å². The van der Waals surface area contributed by atoms with E-state index >= 15 is 0 Å². The van der Waals surface area contributed by atoms with Gasteiger partial charge in [-0.05, 0) is 72.2 Å². The Morgan fingerprint density at radius 1 is 0.682 bits per heavy atom. The molecule has 2 aromatic heterocycles. The average Bonchev–Trinajstić information content (AvgIpc) is 3.71. The van der Waals surface area contributed by atoms with Gasteiger partial charge in [-0.25, -0.2) is 0 Å². The number of pyridine rings is 1. The van der Waals surface area contributed by atoms with Crippen LogP contribution in [0.4, 0.5) is 0 Å². The van der Waals surface area contributed by atoms with Gasteiger partial charge in [-0.2, -0.15) is 0 Å². The van der Waals surface area contributed by atoms with Crippen molar-refractivity contribution in [3.63, 3.8) is 0 Å². The summed E-state index contributed by atoms with van der Waals surface area (Å²) in [6, 6.07) is 24.9. The van der Waals surface area contributed by atoms with E-state index in [2.05, 4.69) is 46.9 Å². The Morgan fingerprint density at radius 2 is 1.38 bits per heavy atom. The van der Waals surface area contributed by atoms with Crippen molar-refractivity contribution >= 4 is 52.3 Å². The Labute approximate surface area is 383 Å². The lowest BCUT2D eigenvalue weighted by Gasteiger charge is -2.26. The van der Waals surface area contributed by atoms with E-state index < -0.39 is 66.2 Å². The Bertz CT molecular complexity index is 2420. The van der Waals surface area contributed by atoms with E-state index in [0.29, 0.717) is 18.7 Å². The van der Waals surface area contributed by atoms with Crippen molar-refractivity contribution in [1.29, 1.82) is 0 Å². The Hall–Kier alpha value is -7.60. The number of aromatic amines is 1. The minimum Gasteiger partial charge on any atom is -0.370 e. The largest absolute Gasteiger partial charge is 0.370 e. The summed E-state index contributed by atoms with van der Waals surface area (Å²) >= 11 is 0. The number of nitrogens with zero attached hydrogens (tertiary/aromatic N) is 2. The summed E-state index contributed by atoms with van der Waals surface area (Å²) in [6.07, 6.45) is 4.25. The predicted octanol–water partition coefficient (Wildman–Crippen LogP) is 1.59. The highest BCUT2D eigenvalue weighted by Crippen LogP contribution is 2.19. The first-order valence-electron chi connectivity index (χ1n) is 21.9. The second-order valence-corrected chi connectivity index (χ2v) is 16.3. The van der Waals surface area contributed by atoms with Gasteiger partial charge in [-0.1, -0.05) is 80.6 Å². The number of aromatic nitrogens is 2. The first kappa shape index (κ1) is 49.4. The summed E-state index contributed by atoms with van der Waals surface area (Å²) in [5.74, 6) is -4.10.